The summed E-state index contributed by atoms with van der Waals surface area (Å²) in [6.07, 6.45) is 11.6. The van der Waals surface area contributed by atoms with Gasteiger partial charge >= 0.3 is 0 Å². The third kappa shape index (κ3) is 2.23. The normalized spacial score (nSPS) is 22.9. The van der Waals surface area contributed by atoms with Crippen molar-refractivity contribution in [3.8, 4) is 0 Å². The Morgan fingerprint density at radius 2 is 2.11 bits per heavy atom. The maximum Gasteiger partial charge on any atom is 0.136 e. The van der Waals surface area contributed by atoms with Gasteiger partial charge in [0.15, 0.2) is 0 Å². The first-order chi connectivity index (χ1) is 8.70. The summed E-state index contributed by atoms with van der Waals surface area (Å²) >= 11 is 0. The summed E-state index contributed by atoms with van der Waals surface area (Å²) in [6, 6.07) is 2.71. The van der Waals surface area contributed by atoms with Crippen LogP contribution in [0.1, 0.15) is 63.6 Å². The number of carbonyl (C=O) groups is 1. The van der Waals surface area contributed by atoms with Crippen molar-refractivity contribution >= 4 is 5.78 Å². The largest absolute Gasteiger partial charge is 0.299 e. The van der Waals surface area contributed by atoms with Gasteiger partial charge in [0.05, 0.1) is 11.7 Å². The van der Waals surface area contributed by atoms with E-state index >= 15 is 0 Å². The Labute approximate surface area is 109 Å². The molecule has 0 aliphatic heterocycles. The maximum absolute atomic E-state index is 11.6. The van der Waals surface area contributed by atoms with Crippen LogP contribution >= 0.6 is 0 Å². The SMILES string of the molecule is CC(=O)C1(Cc2ccn(C3CCCCC3)n2)CC1. The fraction of sp³-hybridized carbons (Fsp3) is 0.733. The topological polar surface area (TPSA) is 34.9 Å². The monoisotopic (exact) mass is 246 g/mol. The average Bonchev–Trinajstić information content (AvgIpc) is 3.01. The van der Waals surface area contributed by atoms with Gasteiger partial charge in [-0.25, -0.2) is 0 Å². The highest BCUT2D eigenvalue weighted by Crippen LogP contribution is 2.48. The van der Waals surface area contributed by atoms with Gasteiger partial charge in [0, 0.05) is 18.0 Å². The predicted octanol–water partition coefficient (Wildman–Crippen LogP) is 3.30. The molecular formula is C15H22N2O. The lowest BCUT2D eigenvalue weighted by Crippen LogP contribution is -2.17. The van der Waals surface area contributed by atoms with Gasteiger partial charge < -0.3 is 0 Å². The Bertz CT molecular complexity index is 439. The Morgan fingerprint density at radius 3 is 2.72 bits per heavy atom. The van der Waals surface area contributed by atoms with Crippen molar-refractivity contribution in [2.24, 2.45) is 5.41 Å². The van der Waals surface area contributed by atoms with Crippen LogP contribution in [-0.2, 0) is 11.2 Å². The summed E-state index contributed by atoms with van der Waals surface area (Å²) in [5.41, 5.74) is 1.06. The molecule has 3 nitrogen and oxygen atoms in total. The molecule has 3 rings (SSSR count). The van der Waals surface area contributed by atoms with E-state index < -0.39 is 0 Å². The van der Waals surface area contributed by atoms with Crippen molar-refractivity contribution in [1.29, 1.82) is 0 Å². The smallest absolute Gasteiger partial charge is 0.136 e. The summed E-state index contributed by atoms with van der Waals surface area (Å²) < 4.78 is 2.14. The van der Waals surface area contributed by atoms with E-state index in [4.69, 9.17) is 5.10 Å². The van der Waals surface area contributed by atoms with Crippen molar-refractivity contribution in [3.63, 3.8) is 0 Å². The number of Topliss-reactive ketones (excluding diaryl/α,β-unsaturated/α-hetero) is 1. The van der Waals surface area contributed by atoms with Crippen LogP contribution < -0.4 is 0 Å². The average molecular weight is 246 g/mol. The fourth-order valence-electron chi connectivity index (χ4n) is 3.17. The van der Waals surface area contributed by atoms with Crippen molar-refractivity contribution in [3.05, 3.63) is 18.0 Å². The van der Waals surface area contributed by atoms with E-state index in [1.54, 1.807) is 6.92 Å². The standard InChI is InChI=1S/C15H22N2O/c1-12(18)15(8-9-15)11-13-7-10-17(16-13)14-5-3-2-4-6-14/h7,10,14H,2-6,8-9,11H2,1H3. The molecule has 0 unspecified atom stereocenters. The molecule has 0 atom stereocenters. The van der Waals surface area contributed by atoms with E-state index in [1.165, 1.54) is 32.1 Å². The van der Waals surface area contributed by atoms with Crippen LogP contribution in [0.2, 0.25) is 0 Å². The van der Waals surface area contributed by atoms with Gasteiger partial charge in [0.25, 0.3) is 0 Å². The van der Waals surface area contributed by atoms with Gasteiger partial charge in [-0.15, -0.1) is 0 Å². The highest BCUT2D eigenvalue weighted by molar-refractivity contribution is 5.85. The maximum atomic E-state index is 11.6. The van der Waals surface area contributed by atoms with Crippen LogP contribution in [0.5, 0.6) is 0 Å². The molecule has 3 heteroatoms. The molecule has 0 amide bonds. The molecule has 0 N–H and O–H groups in total. The van der Waals surface area contributed by atoms with E-state index in [9.17, 15) is 4.79 Å². The van der Waals surface area contributed by atoms with Crippen LogP contribution in [0.3, 0.4) is 0 Å². The number of rotatable bonds is 4. The number of hydrogen-bond donors (Lipinski definition) is 0. The first-order valence-electron chi connectivity index (χ1n) is 7.25. The van der Waals surface area contributed by atoms with E-state index in [2.05, 4.69) is 16.9 Å². The van der Waals surface area contributed by atoms with E-state index in [1.807, 2.05) is 0 Å². The summed E-state index contributed by atoms with van der Waals surface area (Å²) in [4.78, 5) is 11.6. The summed E-state index contributed by atoms with van der Waals surface area (Å²) in [5.74, 6) is 0.342. The minimum absolute atomic E-state index is 0.0499. The number of carbonyl (C=O) groups excluding carboxylic acids is 1. The molecule has 2 aliphatic rings. The summed E-state index contributed by atoms with van der Waals surface area (Å²) in [6.45, 7) is 1.73. The van der Waals surface area contributed by atoms with Gasteiger partial charge in [0.2, 0.25) is 0 Å². The lowest BCUT2D eigenvalue weighted by molar-refractivity contribution is -0.122. The third-order valence-corrected chi connectivity index (χ3v) is 4.73. The molecule has 18 heavy (non-hydrogen) atoms. The molecule has 0 bridgehead atoms. The Morgan fingerprint density at radius 1 is 1.39 bits per heavy atom. The van der Waals surface area contributed by atoms with Crippen molar-refractivity contribution in [2.75, 3.05) is 0 Å². The fourth-order valence-corrected chi connectivity index (χ4v) is 3.17. The molecule has 2 fully saturated rings. The van der Waals surface area contributed by atoms with Crippen LogP contribution in [0, 0.1) is 5.41 Å². The van der Waals surface area contributed by atoms with Gasteiger partial charge in [-0.1, -0.05) is 19.3 Å². The van der Waals surface area contributed by atoms with Crippen LogP contribution in [-0.4, -0.2) is 15.6 Å². The van der Waals surface area contributed by atoms with Crippen molar-refractivity contribution in [2.45, 2.75) is 64.3 Å². The van der Waals surface area contributed by atoms with E-state index in [0.29, 0.717) is 11.8 Å². The second-order valence-electron chi connectivity index (χ2n) is 6.09. The number of nitrogens with zero attached hydrogens (tertiary/aromatic N) is 2. The molecule has 1 aromatic rings. The number of aromatic nitrogens is 2. The molecule has 0 radical (unpaired) electrons. The molecule has 2 aliphatic carbocycles. The molecular weight excluding hydrogens is 224 g/mol. The second-order valence-corrected chi connectivity index (χ2v) is 6.09. The molecule has 0 aromatic carbocycles. The van der Waals surface area contributed by atoms with Gasteiger partial charge in [-0.05, 0) is 38.7 Å². The van der Waals surface area contributed by atoms with Crippen LogP contribution in [0.25, 0.3) is 0 Å². The Kier molecular flexibility index (Phi) is 3.00. The first kappa shape index (κ1) is 11.9. The lowest BCUT2D eigenvalue weighted by atomic mass is 9.96. The van der Waals surface area contributed by atoms with Crippen molar-refractivity contribution in [1.82, 2.24) is 9.78 Å². The predicted molar refractivity (Wildman–Crippen MR) is 70.4 cm³/mol. The molecule has 2 saturated carbocycles. The highest BCUT2D eigenvalue weighted by Gasteiger charge is 2.47. The highest BCUT2D eigenvalue weighted by atomic mass is 16.1. The molecule has 1 heterocycles. The zero-order valence-corrected chi connectivity index (χ0v) is 11.2. The molecule has 1 aromatic heterocycles. The Hall–Kier alpha value is -1.12. The second kappa shape index (κ2) is 4.52. The van der Waals surface area contributed by atoms with Crippen LogP contribution in [0.15, 0.2) is 12.3 Å². The molecule has 0 spiro atoms. The summed E-state index contributed by atoms with van der Waals surface area (Å²) in [7, 11) is 0. The van der Waals surface area contributed by atoms with E-state index in [-0.39, 0.29) is 5.41 Å². The van der Waals surface area contributed by atoms with E-state index in [0.717, 1.165) is 25.0 Å². The van der Waals surface area contributed by atoms with Gasteiger partial charge in [-0.3, -0.25) is 9.48 Å². The number of ketones is 1. The lowest BCUT2D eigenvalue weighted by Gasteiger charge is -2.21. The van der Waals surface area contributed by atoms with Crippen molar-refractivity contribution < 1.29 is 4.79 Å². The zero-order valence-electron chi connectivity index (χ0n) is 11.2. The minimum atomic E-state index is -0.0499. The zero-order chi connectivity index (χ0) is 12.6. The Balaban J connectivity index is 1.68. The van der Waals surface area contributed by atoms with Crippen LogP contribution in [0.4, 0.5) is 0 Å². The van der Waals surface area contributed by atoms with Gasteiger partial charge in [-0.2, -0.15) is 5.10 Å². The molecule has 0 saturated heterocycles. The number of hydrogen-bond acceptors (Lipinski definition) is 2. The van der Waals surface area contributed by atoms with Gasteiger partial charge in [0.1, 0.15) is 5.78 Å². The minimum Gasteiger partial charge on any atom is -0.299 e. The molecule has 98 valence electrons. The third-order valence-electron chi connectivity index (χ3n) is 4.73. The summed E-state index contributed by atoms with van der Waals surface area (Å²) in [5, 5.41) is 4.71. The first-order valence-corrected chi connectivity index (χ1v) is 7.25. The quantitative estimate of drug-likeness (QED) is 0.817.